The third kappa shape index (κ3) is 2.80. The van der Waals surface area contributed by atoms with Crippen molar-refractivity contribution in [1.29, 1.82) is 0 Å². The normalized spacial score (nSPS) is 11.8. The fraction of sp³-hybridized carbons (Fsp3) is 0.350. The maximum absolute atomic E-state index is 14.1. The van der Waals surface area contributed by atoms with Crippen LogP contribution >= 0.6 is 0 Å². The highest BCUT2D eigenvalue weighted by Crippen LogP contribution is 2.20. The van der Waals surface area contributed by atoms with Crippen molar-refractivity contribution < 1.29 is 9.13 Å². The van der Waals surface area contributed by atoms with Crippen LogP contribution < -0.4 is 11.2 Å². The van der Waals surface area contributed by atoms with Crippen LogP contribution in [0.1, 0.15) is 17.0 Å². The zero-order valence-electron chi connectivity index (χ0n) is 16.8. The smallest absolute Gasteiger partial charge is 0.332 e. The van der Waals surface area contributed by atoms with Crippen LogP contribution in [0.2, 0.25) is 0 Å². The Morgan fingerprint density at radius 2 is 1.83 bits per heavy atom. The first kappa shape index (κ1) is 19.1. The molecule has 3 heterocycles. The lowest BCUT2D eigenvalue weighted by atomic mass is 10.2. The van der Waals surface area contributed by atoms with Gasteiger partial charge < -0.3 is 9.30 Å². The molecule has 29 heavy (non-hydrogen) atoms. The molecule has 0 bridgehead atoms. The van der Waals surface area contributed by atoms with Gasteiger partial charge in [-0.25, -0.2) is 9.18 Å². The van der Waals surface area contributed by atoms with Crippen LogP contribution in [0.25, 0.3) is 16.9 Å². The van der Waals surface area contributed by atoms with E-state index in [9.17, 15) is 14.0 Å². The van der Waals surface area contributed by atoms with Gasteiger partial charge in [0.1, 0.15) is 5.82 Å². The Kier molecular flexibility index (Phi) is 4.62. The van der Waals surface area contributed by atoms with E-state index in [4.69, 9.17) is 4.74 Å². The molecule has 9 heteroatoms. The van der Waals surface area contributed by atoms with E-state index in [0.29, 0.717) is 30.1 Å². The summed E-state index contributed by atoms with van der Waals surface area (Å²) in [5.74, 6) is 0.112. The summed E-state index contributed by atoms with van der Waals surface area (Å²) in [5.41, 5.74) is 1.66. The van der Waals surface area contributed by atoms with Crippen LogP contribution in [0.4, 0.5) is 4.39 Å². The fourth-order valence-electron chi connectivity index (χ4n) is 3.70. The molecule has 8 nitrogen and oxygen atoms in total. The number of methoxy groups -OCH3 is 1. The molecule has 0 spiro atoms. The average Bonchev–Trinajstić information content (AvgIpc) is 3.20. The van der Waals surface area contributed by atoms with Crippen LogP contribution in [0, 0.1) is 19.7 Å². The minimum Gasteiger partial charge on any atom is -0.383 e. The summed E-state index contributed by atoms with van der Waals surface area (Å²) in [7, 11) is 3.19. The summed E-state index contributed by atoms with van der Waals surface area (Å²) in [5, 5.41) is 0. The van der Waals surface area contributed by atoms with Crippen LogP contribution in [-0.2, 0) is 24.9 Å². The Hall–Kier alpha value is -3.20. The van der Waals surface area contributed by atoms with Gasteiger partial charge in [0.15, 0.2) is 11.2 Å². The molecule has 0 N–H and O–H groups in total. The lowest BCUT2D eigenvalue weighted by molar-refractivity contribution is 0.187. The van der Waals surface area contributed by atoms with E-state index in [-0.39, 0.29) is 12.1 Å². The van der Waals surface area contributed by atoms with Gasteiger partial charge in [0, 0.05) is 37.7 Å². The van der Waals surface area contributed by atoms with Gasteiger partial charge in [-0.05, 0) is 19.9 Å². The highest BCUT2D eigenvalue weighted by atomic mass is 19.1. The summed E-state index contributed by atoms with van der Waals surface area (Å²) in [6.45, 7) is 4.76. The number of rotatable bonds is 5. The number of aromatic nitrogens is 5. The number of hydrogen-bond acceptors (Lipinski definition) is 4. The van der Waals surface area contributed by atoms with Gasteiger partial charge >= 0.3 is 5.69 Å². The standard InChI is InChI=1S/C20H22FN5O3/c1-12-13(2)26-16-17(22-19(26)24(12)9-10-29-4)23(3)20(28)25(18(16)27)11-14-7-5-6-8-15(14)21/h5-8H,9-11H2,1-4H3. The summed E-state index contributed by atoms with van der Waals surface area (Å²) < 4.78 is 25.4. The van der Waals surface area contributed by atoms with Gasteiger partial charge in [0.25, 0.3) is 5.56 Å². The minimum absolute atomic E-state index is 0.149. The van der Waals surface area contributed by atoms with Gasteiger partial charge in [-0.1, -0.05) is 18.2 Å². The van der Waals surface area contributed by atoms with Gasteiger partial charge in [0.2, 0.25) is 5.78 Å². The number of halogens is 1. The molecule has 0 saturated heterocycles. The average molecular weight is 399 g/mol. The number of ether oxygens (including phenoxy) is 1. The van der Waals surface area contributed by atoms with E-state index in [1.54, 1.807) is 36.8 Å². The zero-order chi connectivity index (χ0) is 20.9. The zero-order valence-corrected chi connectivity index (χ0v) is 16.8. The summed E-state index contributed by atoms with van der Waals surface area (Å²) >= 11 is 0. The Morgan fingerprint density at radius 1 is 1.10 bits per heavy atom. The molecule has 4 aromatic rings. The molecule has 0 aliphatic rings. The molecular formula is C20H22FN5O3. The van der Waals surface area contributed by atoms with Crippen LogP contribution in [0.5, 0.6) is 0 Å². The molecule has 0 unspecified atom stereocenters. The fourth-order valence-corrected chi connectivity index (χ4v) is 3.70. The van der Waals surface area contributed by atoms with E-state index >= 15 is 0 Å². The Labute approximate surface area is 165 Å². The van der Waals surface area contributed by atoms with Crippen LogP contribution in [0.15, 0.2) is 33.9 Å². The molecule has 0 amide bonds. The molecule has 0 atom stereocenters. The predicted octanol–water partition coefficient (Wildman–Crippen LogP) is 1.60. The number of imidazole rings is 2. The quantitative estimate of drug-likeness (QED) is 0.511. The third-order valence-electron chi connectivity index (χ3n) is 5.44. The molecule has 3 aromatic heterocycles. The first-order chi connectivity index (χ1) is 13.9. The van der Waals surface area contributed by atoms with Crippen LogP contribution in [-0.4, -0.2) is 36.8 Å². The molecule has 0 aliphatic heterocycles. The minimum atomic E-state index is -0.538. The number of nitrogens with zero attached hydrogens (tertiary/aromatic N) is 5. The van der Waals surface area contributed by atoms with Crippen molar-refractivity contribution in [2.45, 2.75) is 26.9 Å². The topological polar surface area (TPSA) is 75.5 Å². The van der Waals surface area contributed by atoms with E-state index in [0.717, 1.165) is 16.0 Å². The number of fused-ring (bicyclic) bond motifs is 3. The number of benzene rings is 1. The molecule has 0 radical (unpaired) electrons. The van der Waals surface area contributed by atoms with Gasteiger partial charge in [0.05, 0.1) is 13.2 Å². The van der Waals surface area contributed by atoms with Gasteiger partial charge in [-0.15, -0.1) is 0 Å². The highest BCUT2D eigenvalue weighted by Gasteiger charge is 2.22. The second kappa shape index (κ2) is 7.00. The second-order valence-corrected chi connectivity index (χ2v) is 7.06. The lowest BCUT2D eigenvalue weighted by Gasteiger charge is -2.09. The van der Waals surface area contributed by atoms with Crippen molar-refractivity contribution in [2.24, 2.45) is 7.05 Å². The first-order valence-electron chi connectivity index (χ1n) is 9.26. The third-order valence-corrected chi connectivity index (χ3v) is 5.44. The summed E-state index contributed by atoms with van der Waals surface area (Å²) in [6, 6.07) is 6.11. The highest BCUT2D eigenvalue weighted by molar-refractivity contribution is 5.76. The van der Waals surface area contributed by atoms with Crippen molar-refractivity contribution in [3.05, 3.63) is 67.9 Å². The van der Waals surface area contributed by atoms with E-state index in [2.05, 4.69) is 4.98 Å². The van der Waals surface area contributed by atoms with Crippen molar-refractivity contribution >= 4 is 16.9 Å². The predicted molar refractivity (Wildman–Crippen MR) is 107 cm³/mol. The van der Waals surface area contributed by atoms with E-state index in [1.807, 2.05) is 18.4 Å². The van der Waals surface area contributed by atoms with Gasteiger partial charge in [-0.2, -0.15) is 4.98 Å². The second-order valence-electron chi connectivity index (χ2n) is 7.06. The molecule has 0 aliphatic carbocycles. The summed E-state index contributed by atoms with van der Waals surface area (Å²) in [6.07, 6.45) is 0. The maximum Gasteiger partial charge on any atom is 0.332 e. The SMILES string of the molecule is COCCn1c(C)c(C)n2c3c(=O)n(Cc4ccccc4F)c(=O)n(C)c3nc12. The molecule has 152 valence electrons. The largest absolute Gasteiger partial charge is 0.383 e. The monoisotopic (exact) mass is 399 g/mol. The van der Waals surface area contributed by atoms with Crippen LogP contribution in [0.3, 0.4) is 0 Å². The van der Waals surface area contributed by atoms with Crippen molar-refractivity contribution in [3.8, 4) is 0 Å². The molecule has 0 fully saturated rings. The van der Waals surface area contributed by atoms with Crippen molar-refractivity contribution in [2.75, 3.05) is 13.7 Å². The molecule has 0 saturated carbocycles. The Balaban J connectivity index is 2.03. The van der Waals surface area contributed by atoms with E-state index < -0.39 is 17.1 Å². The first-order valence-corrected chi connectivity index (χ1v) is 9.26. The summed E-state index contributed by atoms with van der Waals surface area (Å²) in [4.78, 5) is 30.7. The maximum atomic E-state index is 14.1. The molecule has 1 aromatic carbocycles. The Morgan fingerprint density at radius 3 is 2.52 bits per heavy atom. The lowest BCUT2D eigenvalue weighted by Crippen LogP contribution is -2.39. The van der Waals surface area contributed by atoms with Crippen molar-refractivity contribution in [1.82, 2.24) is 23.1 Å². The Bertz CT molecular complexity index is 1360. The number of hydrogen-bond donors (Lipinski definition) is 0. The van der Waals surface area contributed by atoms with Gasteiger partial charge in [-0.3, -0.25) is 18.3 Å². The molecule has 4 rings (SSSR count). The van der Waals surface area contributed by atoms with Crippen molar-refractivity contribution in [3.63, 3.8) is 0 Å². The number of aryl methyl sites for hydroxylation is 2. The van der Waals surface area contributed by atoms with E-state index in [1.165, 1.54) is 10.6 Å². The molecular weight excluding hydrogens is 377 g/mol.